The van der Waals surface area contributed by atoms with E-state index in [1.807, 2.05) is 55.5 Å². The van der Waals surface area contributed by atoms with Gasteiger partial charge in [0.2, 0.25) is 0 Å². The quantitative estimate of drug-likeness (QED) is 0.545. The van der Waals surface area contributed by atoms with Crippen molar-refractivity contribution in [3.05, 3.63) is 65.4 Å². The molecule has 0 aliphatic heterocycles. The normalized spacial score (nSPS) is 11.7. The second kappa shape index (κ2) is 6.58. The van der Waals surface area contributed by atoms with Gasteiger partial charge in [0.25, 0.3) is 0 Å². The topological polar surface area (TPSA) is 74.8 Å². The molecule has 0 spiro atoms. The van der Waals surface area contributed by atoms with Gasteiger partial charge in [-0.3, -0.25) is 10.2 Å². The first kappa shape index (κ1) is 15.8. The monoisotopic (exact) mass is 322 g/mol. The van der Waals surface area contributed by atoms with E-state index in [9.17, 15) is 9.90 Å². The fourth-order valence-electron chi connectivity index (χ4n) is 2.59. The lowest BCUT2D eigenvalue weighted by Gasteiger charge is -2.03. The molecule has 0 bridgehead atoms. The van der Waals surface area contributed by atoms with Gasteiger partial charge in [-0.2, -0.15) is 5.10 Å². The van der Waals surface area contributed by atoms with E-state index in [0.717, 1.165) is 16.6 Å². The lowest BCUT2D eigenvalue weighted by Crippen LogP contribution is -2.06. The molecule has 0 fully saturated rings. The van der Waals surface area contributed by atoms with Crippen molar-refractivity contribution in [1.29, 1.82) is 0 Å². The van der Waals surface area contributed by atoms with Crippen LogP contribution in [-0.4, -0.2) is 16.8 Å². The Labute approximate surface area is 139 Å². The number of carbonyl (C=O) groups is 1. The van der Waals surface area contributed by atoms with Gasteiger partial charge in [-0.1, -0.05) is 30.3 Å². The number of fused-ring (bicyclic) bond motifs is 1. The number of benzene rings is 2. The van der Waals surface area contributed by atoms with Crippen LogP contribution in [0.2, 0.25) is 0 Å². The lowest BCUT2D eigenvalue weighted by molar-refractivity contribution is -0.136. The van der Waals surface area contributed by atoms with Crippen LogP contribution in [0.25, 0.3) is 11.0 Å². The Balaban J connectivity index is 2.01. The summed E-state index contributed by atoms with van der Waals surface area (Å²) in [5.74, 6) is -0.398. The van der Waals surface area contributed by atoms with E-state index in [4.69, 9.17) is 4.42 Å². The number of furan rings is 1. The molecular weight excluding hydrogens is 304 g/mol. The largest absolute Gasteiger partial charge is 0.481 e. The first-order valence-corrected chi connectivity index (χ1v) is 7.64. The molecule has 0 unspecified atom stereocenters. The third-order valence-corrected chi connectivity index (χ3v) is 3.73. The summed E-state index contributed by atoms with van der Waals surface area (Å²) in [5.41, 5.74) is 6.79. The number of hydrazone groups is 1. The van der Waals surface area contributed by atoms with Crippen LogP contribution in [0.4, 0.5) is 5.69 Å². The number of hydrogen-bond donors (Lipinski definition) is 2. The molecule has 1 heterocycles. The minimum atomic E-state index is -0.900. The van der Waals surface area contributed by atoms with Crippen LogP contribution in [0.5, 0.6) is 0 Å². The first-order valence-electron chi connectivity index (χ1n) is 7.64. The summed E-state index contributed by atoms with van der Waals surface area (Å²) in [5, 5.41) is 14.4. The molecule has 0 atom stereocenters. The number of nitrogens with zero attached hydrogens (tertiary/aromatic N) is 1. The molecule has 0 radical (unpaired) electrons. The molecule has 122 valence electrons. The zero-order chi connectivity index (χ0) is 17.1. The van der Waals surface area contributed by atoms with Gasteiger partial charge in [0.05, 0.1) is 12.1 Å². The molecule has 0 amide bonds. The summed E-state index contributed by atoms with van der Waals surface area (Å²) in [6.45, 7) is 3.77. The highest BCUT2D eigenvalue weighted by atomic mass is 16.4. The average Bonchev–Trinajstić information content (AvgIpc) is 2.90. The minimum absolute atomic E-state index is 0.108. The average molecular weight is 322 g/mol. The molecule has 0 aliphatic carbocycles. The van der Waals surface area contributed by atoms with Crippen LogP contribution < -0.4 is 5.43 Å². The Morgan fingerprint density at radius 3 is 2.67 bits per heavy atom. The number of hydrogen-bond acceptors (Lipinski definition) is 4. The van der Waals surface area contributed by atoms with Crippen LogP contribution in [0.1, 0.15) is 23.8 Å². The Bertz CT molecular complexity index is 911. The Morgan fingerprint density at radius 2 is 1.96 bits per heavy atom. The van der Waals surface area contributed by atoms with E-state index in [-0.39, 0.29) is 6.42 Å². The molecule has 3 rings (SSSR count). The highest BCUT2D eigenvalue weighted by Crippen LogP contribution is 2.28. The third-order valence-electron chi connectivity index (χ3n) is 3.73. The summed E-state index contributed by atoms with van der Waals surface area (Å²) < 4.78 is 5.90. The fraction of sp³-hybridized carbons (Fsp3) is 0.158. The van der Waals surface area contributed by atoms with Gasteiger partial charge in [-0.05, 0) is 37.6 Å². The SMILES string of the molecule is C/C(=N\Nc1ccccc1)c1oc2cc(C)ccc2c1CC(=O)O. The highest BCUT2D eigenvalue weighted by molar-refractivity contribution is 6.03. The number of para-hydroxylation sites is 1. The number of carboxylic acids is 1. The second-order valence-corrected chi connectivity index (χ2v) is 5.65. The molecule has 24 heavy (non-hydrogen) atoms. The molecule has 5 nitrogen and oxygen atoms in total. The number of anilines is 1. The molecule has 5 heteroatoms. The van der Waals surface area contributed by atoms with Gasteiger partial charge >= 0.3 is 5.97 Å². The summed E-state index contributed by atoms with van der Waals surface area (Å²) in [6.07, 6.45) is -0.108. The minimum Gasteiger partial charge on any atom is -0.481 e. The zero-order valence-electron chi connectivity index (χ0n) is 13.5. The maximum absolute atomic E-state index is 11.2. The standard InChI is InChI=1S/C19H18N2O3/c1-12-8-9-15-16(11-18(22)23)19(24-17(15)10-12)13(2)20-21-14-6-4-3-5-7-14/h3-10,21H,11H2,1-2H3,(H,22,23)/b20-13+. The van der Waals surface area contributed by atoms with Crippen LogP contribution in [0, 0.1) is 6.92 Å². The summed E-state index contributed by atoms with van der Waals surface area (Å²) in [7, 11) is 0. The van der Waals surface area contributed by atoms with Crippen molar-refractivity contribution < 1.29 is 14.3 Å². The highest BCUT2D eigenvalue weighted by Gasteiger charge is 2.19. The summed E-state index contributed by atoms with van der Waals surface area (Å²) in [6, 6.07) is 15.3. The molecule has 1 aromatic heterocycles. The van der Waals surface area contributed by atoms with Crippen molar-refractivity contribution in [3.8, 4) is 0 Å². The molecular formula is C19H18N2O3. The summed E-state index contributed by atoms with van der Waals surface area (Å²) in [4.78, 5) is 11.2. The Kier molecular flexibility index (Phi) is 4.33. The van der Waals surface area contributed by atoms with Gasteiger partial charge in [0, 0.05) is 10.9 Å². The molecule has 3 aromatic rings. The number of aryl methyl sites for hydroxylation is 1. The van der Waals surface area contributed by atoms with Crippen molar-refractivity contribution >= 4 is 28.3 Å². The maximum atomic E-state index is 11.2. The van der Waals surface area contributed by atoms with E-state index in [0.29, 0.717) is 22.6 Å². The molecule has 2 N–H and O–H groups in total. The smallest absolute Gasteiger partial charge is 0.307 e. The van der Waals surface area contributed by atoms with Crippen molar-refractivity contribution in [1.82, 2.24) is 0 Å². The first-order chi connectivity index (χ1) is 11.5. The van der Waals surface area contributed by atoms with Crippen molar-refractivity contribution in [2.75, 3.05) is 5.43 Å². The summed E-state index contributed by atoms with van der Waals surface area (Å²) >= 11 is 0. The van der Waals surface area contributed by atoms with Crippen LogP contribution in [-0.2, 0) is 11.2 Å². The number of rotatable bonds is 5. The van der Waals surface area contributed by atoms with Gasteiger partial charge in [-0.25, -0.2) is 0 Å². The van der Waals surface area contributed by atoms with Crippen LogP contribution in [0.15, 0.2) is 58.0 Å². The van der Waals surface area contributed by atoms with Gasteiger partial charge in [-0.15, -0.1) is 0 Å². The van der Waals surface area contributed by atoms with Gasteiger partial charge in [0.1, 0.15) is 11.3 Å². The number of aliphatic carboxylic acids is 1. The fourth-order valence-corrected chi connectivity index (χ4v) is 2.59. The maximum Gasteiger partial charge on any atom is 0.307 e. The van der Waals surface area contributed by atoms with E-state index >= 15 is 0 Å². The van der Waals surface area contributed by atoms with Crippen LogP contribution in [0.3, 0.4) is 0 Å². The number of nitrogens with one attached hydrogen (secondary N) is 1. The van der Waals surface area contributed by atoms with Crippen molar-refractivity contribution in [2.24, 2.45) is 5.10 Å². The predicted octanol–water partition coefficient (Wildman–Crippen LogP) is 4.20. The zero-order valence-corrected chi connectivity index (χ0v) is 13.5. The van der Waals surface area contributed by atoms with Crippen molar-refractivity contribution in [2.45, 2.75) is 20.3 Å². The van der Waals surface area contributed by atoms with E-state index in [1.54, 1.807) is 6.92 Å². The third kappa shape index (κ3) is 3.30. The van der Waals surface area contributed by atoms with E-state index < -0.39 is 5.97 Å². The van der Waals surface area contributed by atoms with Gasteiger partial charge < -0.3 is 9.52 Å². The van der Waals surface area contributed by atoms with E-state index in [1.165, 1.54) is 0 Å². The van der Waals surface area contributed by atoms with Crippen LogP contribution >= 0.6 is 0 Å². The second-order valence-electron chi connectivity index (χ2n) is 5.65. The van der Waals surface area contributed by atoms with E-state index in [2.05, 4.69) is 10.5 Å². The van der Waals surface area contributed by atoms with Gasteiger partial charge in [0.15, 0.2) is 5.76 Å². The molecule has 0 saturated carbocycles. The Morgan fingerprint density at radius 1 is 1.21 bits per heavy atom. The van der Waals surface area contributed by atoms with Crippen molar-refractivity contribution in [3.63, 3.8) is 0 Å². The Hall–Kier alpha value is -3.08. The number of carboxylic acid groups (broad SMARTS) is 1. The molecule has 2 aromatic carbocycles. The predicted molar refractivity (Wildman–Crippen MR) is 94.6 cm³/mol. The molecule has 0 aliphatic rings. The molecule has 0 saturated heterocycles. The lowest BCUT2D eigenvalue weighted by atomic mass is 10.0.